The lowest BCUT2D eigenvalue weighted by molar-refractivity contribution is -0.826. The van der Waals surface area contributed by atoms with Gasteiger partial charge in [-0.2, -0.15) is 0 Å². The predicted molar refractivity (Wildman–Crippen MR) is 41.2 cm³/mol. The Morgan fingerprint density at radius 1 is 1.33 bits per heavy atom. The molecule has 1 heteroatoms. The summed E-state index contributed by atoms with van der Waals surface area (Å²) in [6.07, 6.45) is 2.57. The van der Waals surface area contributed by atoms with Gasteiger partial charge in [0.2, 0.25) is 0 Å². The molecule has 0 rings (SSSR count). The third-order valence-corrected chi connectivity index (χ3v) is 1.30. The molecular weight excluding hydrogens is 110 g/mol. The smallest absolute Gasteiger partial charge is 0.139 e. The van der Waals surface area contributed by atoms with E-state index < -0.39 is 0 Å². The van der Waals surface area contributed by atoms with Crippen LogP contribution in [0.1, 0.15) is 26.7 Å². The Morgan fingerprint density at radius 2 is 1.89 bits per heavy atom. The molecule has 0 aromatic carbocycles. The molecule has 0 bridgehead atoms. The van der Waals surface area contributed by atoms with Gasteiger partial charge in [0.15, 0.2) is 0 Å². The number of hydrogen-bond donors (Lipinski definition) is 1. The van der Waals surface area contributed by atoms with Crippen LogP contribution in [0.25, 0.3) is 0 Å². The van der Waals surface area contributed by atoms with Gasteiger partial charge in [0.1, 0.15) is 6.54 Å². The van der Waals surface area contributed by atoms with Gasteiger partial charge >= 0.3 is 0 Å². The van der Waals surface area contributed by atoms with Crippen LogP contribution in [0, 0.1) is 12.5 Å². The Morgan fingerprint density at radius 3 is 2.22 bits per heavy atom. The fraction of sp³-hybridized carbons (Fsp3) is 0.875. The van der Waals surface area contributed by atoms with E-state index in [1.807, 2.05) is 0 Å². The second kappa shape index (κ2) is 4.80. The highest BCUT2D eigenvalue weighted by Gasteiger charge is 1.97. The molecule has 0 unspecified atom stereocenters. The molecule has 0 aliphatic carbocycles. The summed E-state index contributed by atoms with van der Waals surface area (Å²) < 4.78 is 0. The first-order valence-electron chi connectivity index (χ1n) is 3.76. The Labute approximate surface area is 59.1 Å². The summed E-state index contributed by atoms with van der Waals surface area (Å²) in [4.78, 5) is 1.44. The van der Waals surface area contributed by atoms with Crippen LogP contribution in [0.5, 0.6) is 0 Å². The molecule has 0 spiro atoms. The van der Waals surface area contributed by atoms with E-state index in [9.17, 15) is 0 Å². The van der Waals surface area contributed by atoms with Crippen LogP contribution in [0.4, 0.5) is 0 Å². The van der Waals surface area contributed by atoms with Crippen molar-refractivity contribution in [1.29, 1.82) is 0 Å². The molecule has 1 radical (unpaired) electrons. The van der Waals surface area contributed by atoms with Crippen molar-refractivity contribution in [3.63, 3.8) is 0 Å². The standard InChI is InChI=1S/C8H19N/c1-8(2)6-5-7-9(3)4/h7-9H,5-6H2,1-4H3/q+1. The maximum Gasteiger partial charge on any atom is 0.139 e. The monoisotopic (exact) mass is 129 g/mol. The molecule has 0 amide bonds. The van der Waals surface area contributed by atoms with Gasteiger partial charge in [-0.15, -0.1) is 0 Å². The number of hydrogen-bond acceptors (Lipinski definition) is 0. The van der Waals surface area contributed by atoms with E-state index in [1.165, 1.54) is 17.7 Å². The number of rotatable bonds is 4. The van der Waals surface area contributed by atoms with Crippen molar-refractivity contribution in [3.8, 4) is 0 Å². The average Bonchev–Trinajstić information content (AvgIpc) is 1.63. The zero-order valence-electron chi connectivity index (χ0n) is 7.07. The van der Waals surface area contributed by atoms with Gasteiger partial charge in [0.05, 0.1) is 14.1 Å². The van der Waals surface area contributed by atoms with Crippen LogP contribution in [0.2, 0.25) is 0 Å². The lowest BCUT2D eigenvalue weighted by Crippen LogP contribution is -3.02. The van der Waals surface area contributed by atoms with Crippen LogP contribution < -0.4 is 4.90 Å². The van der Waals surface area contributed by atoms with Crippen molar-refractivity contribution in [2.75, 3.05) is 14.1 Å². The zero-order chi connectivity index (χ0) is 7.28. The van der Waals surface area contributed by atoms with Gasteiger partial charge in [-0.05, 0) is 12.3 Å². The average molecular weight is 129 g/mol. The van der Waals surface area contributed by atoms with Crippen LogP contribution in [-0.4, -0.2) is 14.1 Å². The molecule has 0 saturated carbocycles. The molecule has 0 heterocycles. The van der Waals surface area contributed by atoms with Gasteiger partial charge in [-0.3, -0.25) is 0 Å². The van der Waals surface area contributed by atoms with Crippen LogP contribution >= 0.6 is 0 Å². The second-order valence-electron chi connectivity index (χ2n) is 3.25. The first kappa shape index (κ1) is 8.96. The summed E-state index contributed by atoms with van der Waals surface area (Å²) in [5.41, 5.74) is 0. The molecule has 0 saturated heterocycles. The lowest BCUT2D eigenvalue weighted by atomic mass is 10.1. The Hall–Kier alpha value is -0.0400. The SMILES string of the molecule is CC(C)CC[CH][NH+](C)C. The molecule has 9 heavy (non-hydrogen) atoms. The van der Waals surface area contributed by atoms with E-state index in [0.29, 0.717) is 0 Å². The minimum absolute atomic E-state index is 0.848. The Kier molecular flexibility index (Phi) is 4.78. The minimum Gasteiger partial charge on any atom is -0.332 e. The van der Waals surface area contributed by atoms with Crippen molar-refractivity contribution >= 4 is 0 Å². The van der Waals surface area contributed by atoms with Gasteiger partial charge < -0.3 is 4.90 Å². The molecule has 0 atom stereocenters. The van der Waals surface area contributed by atoms with Gasteiger partial charge in [-0.1, -0.05) is 13.8 Å². The van der Waals surface area contributed by atoms with E-state index in [1.54, 1.807) is 0 Å². The molecule has 1 nitrogen and oxygen atoms in total. The van der Waals surface area contributed by atoms with E-state index in [2.05, 4.69) is 34.5 Å². The van der Waals surface area contributed by atoms with Crippen LogP contribution in [0.3, 0.4) is 0 Å². The molecule has 55 valence electrons. The highest BCUT2D eigenvalue weighted by Crippen LogP contribution is 2.01. The number of nitrogens with one attached hydrogen (secondary N) is 1. The van der Waals surface area contributed by atoms with Crippen molar-refractivity contribution in [1.82, 2.24) is 0 Å². The van der Waals surface area contributed by atoms with Crippen LogP contribution in [0.15, 0.2) is 0 Å². The lowest BCUT2D eigenvalue weighted by Gasteiger charge is -2.06. The van der Waals surface area contributed by atoms with Crippen molar-refractivity contribution in [2.24, 2.45) is 5.92 Å². The van der Waals surface area contributed by atoms with E-state index >= 15 is 0 Å². The molecule has 1 N–H and O–H groups in total. The molecule has 0 aliphatic rings. The van der Waals surface area contributed by atoms with Crippen molar-refractivity contribution in [2.45, 2.75) is 26.7 Å². The summed E-state index contributed by atoms with van der Waals surface area (Å²) >= 11 is 0. The summed E-state index contributed by atoms with van der Waals surface area (Å²) in [6.45, 7) is 6.83. The Bertz CT molecular complexity index is 49.6. The quantitative estimate of drug-likeness (QED) is 0.571. The fourth-order valence-corrected chi connectivity index (χ4v) is 0.705. The largest absolute Gasteiger partial charge is 0.332 e. The summed E-state index contributed by atoms with van der Waals surface area (Å²) in [6, 6.07) is 0. The highest BCUT2D eigenvalue weighted by atomic mass is 15.0. The zero-order valence-corrected chi connectivity index (χ0v) is 7.07. The number of quaternary nitrogens is 1. The van der Waals surface area contributed by atoms with Gasteiger partial charge in [-0.25, -0.2) is 0 Å². The fourth-order valence-electron chi connectivity index (χ4n) is 0.705. The molecule has 0 aromatic rings. The van der Waals surface area contributed by atoms with Crippen LogP contribution in [-0.2, 0) is 0 Å². The maximum atomic E-state index is 2.31. The molecule has 0 aliphatic heterocycles. The highest BCUT2D eigenvalue weighted by molar-refractivity contribution is 4.50. The summed E-state index contributed by atoms with van der Waals surface area (Å²) in [7, 11) is 4.31. The minimum atomic E-state index is 0.848. The van der Waals surface area contributed by atoms with Gasteiger partial charge in [0.25, 0.3) is 0 Å². The normalized spacial score (nSPS) is 11.3. The van der Waals surface area contributed by atoms with E-state index in [4.69, 9.17) is 0 Å². The predicted octanol–water partition coefficient (Wildman–Crippen LogP) is 0.729. The first-order chi connectivity index (χ1) is 4.13. The second-order valence-corrected chi connectivity index (χ2v) is 3.25. The molecule has 0 aromatic heterocycles. The van der Waals surface area contributed by atoms with Crippen molar-refractivity contribution < 1.29 is 4.90 Å². The van der Waals surface area contributed by atoms with E-state index in [-0.39, 0.29) is 0 Å². The molecular formula is C8H19N+. The molecule has 0 fully saturated rings. The Balaban J connectivity index is 2.91. The first-order valence-corrected chi connectivity index (χ1v) is 3.76. The third kappa shape index (κ3) is 7.96. The van der Waals surface area contributed by atoms with Crippen molar-refractivity contribution in [3.05, 3.63) is 6.54 Å². The third-order valence-electron chi connectivity index (χ3n) is 1.30. The van der Waals surface area contributed by atoms with E-state index in [0.717, 1.165) is 5.92 Å². The topological polar surface area (TPSA) is 4.44 Å². The summed E-state index contributed by atoms with van der Waals surface area (Å²) in [5, 5.41) is 0. The maximum absolute atomic E-state index is 2.31. The van der Waals surface area contributed by atoms with Gasteiger partial charge in [0, 0.05) is 6.42 Å². The summed E-state index contributed by atoms with van der Waals surface area (Å²) in [5.74, 6) is 0.848.